The highest BCUT2D eigenvalue weighted by Crippen LogP contribution is 2.17. The molecule has 0 radical (unpaired) electrons. The van der Waals surface area contributed by atoms with Crippen LogP contribution in [0.4, 0.5) is 0 Å². The van der Waals surface area contributed by atoms with E-state index in [0.29, 0.717) is 26.4 Å². The number of unbranched alkanes of at least 4 members (excludes halogenated alkanes) is 1. The van der Waals surface area contributed by atoms with Crippen molar-refractivity contribution in [2.45, 2.75) is 47.1 Å². The van der Waals surface area contributed by atoms with E-state index in [4.69, 9.17) is 9.47 Å². The van der Waals surface area contributed by atoms with Gasteiger partial charge < -0.3 is 20.1 Å². The molecule has 0 fully saturated rings. The fourth-order valence-electron chi connectivity index (χ4n) is 2.02. The third-order valence-electron chi connectivity index (χ3n) is 3.28. The molecule has 0 aliphatic heterocycles. The molecule has 6 nitrogen and oxygen atoms in total. The summed E-state index contributed by atoms with van der Waals surface area (Å²) in [7, 11) is 0. The van der Waals surface area contributed by atoms with Gasteiger partial charge in [0.05, 0.1) is 37.1 Å². The van der Waals surface area contributed by atoms with Crippen molar-refractivity contribution in [3.05, 3.63) is 15.6 Å². The van der Waals surface area contributed by atoms with Crippen LogP contribution >= 0.6 is 11.3 Å². The van der Waals surface area contributed by atoms with Gasteiger partial charge >= 0.3 is 0 Å². The summed E-state index contributed by atoms with van der Waals surface area (Å²) in [6, 6.07) is 0. The Labute approximate surface area is 150 Å². The minimum absolute atomic E-state index is 0.637. The van der Waals surface area contributed by atoms with Crippen molar-refractivity contribution in [1.29, 1.82) is 0 Å². The molecule has 0 saturated carbocycles. The smallest absolute Gasteiger partial charge is 0.191 e. The Kier molecular flexibility index (Phi) is 11.4. The first-order valence-electron chi connectivity index (χ1n) is 8.77. The summed E-state index contributed by atoms with van der Waals surface area (Å²) in [6.07, 6.45) is 2.28. The monoisotopic (exact) mass is 356 g/mol. The van der Waals surface area contributed by atoms with Crippen molar-refractivity contribution < 1.29 is 9.47 Å². The van der Waals surface area contributed by atoms with Crippen molar-refractivity contribution in [2.75, 3.05) is 39.5 Å². The molecule has 2 N–H and O–H groups in total. The number of hydrogen-bond acceptors (Lipinski definition) is 5. The Morgan fingerprint density at radius 1 is 1.08 bits per heavy atom. The van der Waals surface area contributed by atoms with E-state index in [0.717, 1.165) is 49.2 Å². The Bertz CT molecular complexity index is 477. The summed E-state index contributed by atoms with van der Waals surface area (Å²) >= 11 is 1.71. The van der Waals surface area contributed by atoms with Crippen LogP contribution in [0.1, 0.15) is 42.3 Å². The minimum Gasteiger partial charge on any atom is -0.379 e. The van der Waals surface area contributed by atoms with E-state index in [2.05, 4.69) is 34.5 Å². The van der Waals surface area contributed by atoms with Gasteiger partial charge in [-0.2, -0.15) is 0 Å². The van der Waals surface area contributed by atoms with Crippen LogP contribution in [0.3, 0.4) is 0 Å². The zero-order chi connectivity index (χ0) is 17.6. The van der Waals surface area contributed by atoms with Crippen LogP contribution in [0, 0.1) is 13.8 Å². The van der Waals surface area contributed by atoms with Gasteiger partial charge in [-0.1, -0.05) is 13.3 Å². The van der Waals surface area contributed by atoms with E-state index in [1.807, 2.05) is 13.8 Å². The van der Waals surface area contributed by atoms with Crippen LogP contribution < -0.4 is 10.6 Å². The molecule has 0 unspecified atom stereocenters. The van der Waals surface area contributed by atoms with Gasteiger partial charge in [-0.05, 0) is 27.2 Å². The molecular weight excluding hydrogens is 324 g/mol. The summed E-state index contributed by atoms with van der Waals surface area (Å²) in [4.78, 5) is 10.3. The topological polar surface area (TPSA) is 67.8 Å². The summed E-state index contributed by atoms with van der Waals surface area (Å²) in [5, 5.41) is 7.62. The number of nitrogens with one attached hydrogen (secondary N) is 2. The molecule has 0 atom stereocenters. The normalized spacial score (nSPS) is 11.8. The number of hydrogen-bond donors (Lipinski definition) is 2. The molecule has 1 aromatic rings. The van der Waals surface area contributed by atoms with Gasteiger partial charge in [0.1, 0.15) is 0 Å². The molecule has 7 heteroatoms. The zero-order valence-electron chi connectivity index (χ0n) is 15.5. The summed E-state index contributed by atoms with van der Waals surface area (Å²) in [5.74, 6) is 0.811. The molecule has 138 valence electrons. The number of aliphatic imine (C=N–C) groups is 1. The third-order valence-corrected chi connectivity index (χ3v) is 4.34. The van der Waals surface area contributed by atoms with Crippen LogP contribution in [0.25, 0.3) is 0 Å². The minimum atomic E-state index is 0.637. The van der Waals surface area contributed by atoms with Gasteiger partial charge in [-0.15, -0.1) is 11.3 Å². The van der Waals surface area contributed by atoms with Gasteiger partial charge in [-0.25, -0.2) is 9.98 Å². The van der Waals surface area contributed by atoms with E-state index < -0.39 is 0 Å². The molecule has 1 rings (SSSR count). The largest absolute Gasteiger partial charge is 0.379 e. The van der Waals surface area contributed by atoms with Crippen molar-refractivity contribution in [1.82, 2.24) is 15.6 Å². The average Bonchev–Trinajstić information content (AvgIpc) is 2.88. The Hall–Kier alpha value is -1.18. The molecule has 0 saturated heterocycles. The van der Waals surface area contributed by atoms with Gasteiger partial charge in [0.2, 0.25) is 0 Å². The highest BCUT2D eigenvalue weighted by Gasteiger charge is 2.04. The standard InChI is InChI=1S/C17H32N4O2S/c1-5-7-9-22-11-12-23-10-8-19-17(18-6-2)20-13-16-14(3)21-15(4)24-16/h5-13H2,1-4H3,(H2,18,19,20). The number of guanidine groups is 1. The lowest BCUT2D eigenvalue weighted by atomic mass is 10.4. The van der Waals surface area contributed by atoms with Crippen molar-refractivity contribution in [3.63, 3.8) is 0 Å². The second-order valence-corrected chi connectivity index (χ2v) is 6.73. The van der Waals surface area contributed by atoms with Crippen molar-refractivity contribution in [2.24, 2.45) is 4.99 Å². The van der Waals surface area contributed by atoms with E-state index in [1.165, 1.54) is 4.88 Å². The average molecular weight is 357 g/mol. The van der Waals surface area contributed by atoms with Crippen LogP contribution in [-0.4, -0.2) is 50.5 Å². The molecule has 0 amide bonds. The van der Waals surface area contributed by atoms with E-state index in [1.54, 1.807) is 11.3 Å². The highest BCUT2D eigenvalue weighted by atomic mass is 32.1. The Morgan fingerprint density at radius 2 is 1.83 bits per heavy atom. The maximum atomic E-state index is 5.55. The van der Waals surface area contributed by atoms with Crippen LogP contribution in [0.2, 0.25) is 0 Å². The quantitative estimate of drug-likeness (QED) is 0.342. The van der Waals surface area contributed by atoms with E-state index >= 15 is 0 Å². The Balaban J connectivity index is 2.21. The van der Waals surface area contributed by atoms with Crippen LogP contribution in [0.15, 0.2) is 4.99 Å². The van der Waals surface area contributed by atoms with Gasteiger partial charge in [0, 0.05) is 24.6 Å². The molecule has 0 spiro atoms. The summed E-state index contributed by atoms with van der Waals surface area (Å²) in [6.45, 7) is 13.3. The maximum absolute atomic E-state index is 5.55. The molecule has 0 aliphatic rings. The van der Waals surface area contributed by atoms with Crippen molar-refractivity contribution >= 4 is 17.3 Å². The van der Waals surface area contributed by atoms with Crippen LogP contribution in [0.5, 0.6) is 0 Å². The molecule has 0 bridgehead atoms. The second-order valence-electron chi connectivity index (χ2n) is 5.44. The van der Waals surface area contributed by atoms with Gasteiger partial charge in [0.25, 0.3) is 0 Å². The van der Waals surface area contributed by atoms with Gasteiger partial charge in [0.15, 0.2) is 5.96 Å². The zero-order valence-corrected chi connectivity index (χ0v) is 16.3. The molecule has 24 heavy (non-hydrogen) atoms. The summed E-state index contributed by atoms with van der Waals surface area (Å²) < 4.78 is 11.0. The summed E-state index contributed by atoms with van der Waals surface area (Å²) in [5.41, 5.74) is 1.07. The third kappa shape index (κ3) is 9.20. The van der Waals surface area contributed by atoms with Crippen molar-refractivity contribution in [3.8, 4) is 0 Å². The predicted octanol–water partition coefficient (Wildman–Crippen LogP) is 2.65. The number of aromatic nitrogens is 1. The number of aryl methyl sites for hydroxylation is 2. The second kappa shape index (κ2) is 13.1. The molecule has 0 aliphatic carbocycles. The predicted molar refractivity (Wildman–Crippen MR) is 101 cm³/mol. The van der Waals surface area contributed by atoms with Crippen LogP contribution in [-0.2, 0) is 16.0 Å². The number of thiazole rings is 1. The SMILES string of the molecule is CCCCOCCOCCNC(=NCc1sc(C)nc1C)NCC. The molecular formula is C17H32N4O2S. The first-order chi connectivity index (χ1) is 11.7. The first-order valence-corrected chi connectivity index (χ1v) is 9.59. The first kappa shape index (κ1) is 20.9. The molecule has 1 aromatic heterocycles. The lowest BCUT2D eigenvalue weighted by molar-refractivity contribution is 0.0487. The molecule has 1 heterocycles. The number of nitrogens with zero attached hydrogens (tertiary/aromatic N) is 2. The lowest BCUT2D eigenvalue weighted by Crippen LogP contribution is -2.39. The Morgan fingerprint density at radius 3 is 2.46 bits per heavy atom. The van der Waals surface area contributed by atoms with E-state index in [9.17, 15) is 0 Å². The maximum Gasteiger partial charge on any atom is 0.191 e. The molecule has 0 aromatic carbocycles. The fraction of sp³-hybridized carbons (Fsp3) is 0.765. The number of rotatable bonds is 12. The lowest BCUT2D eigenvalue weighted by Gasteiger charge is -2.11. The number of ether oxygens (including phenoxy) is 2. The highest BCUT2D eigenvalue weighted by molar-refractivity contribution is 7.11. The van der Waals surface area contributed by atoms with Gasteiger partial charge in [-0.3, -0.25) is 0 Å². The van der Waals surface area contributed by atoms with E-state index in [-0.39, 0.29) is 0 Å². The fourth-order valence-corrected chi connectivity index (χ4v) is 2.88.